The van der Waals surface area contributed by atoms with E-state index in [-0.39, 0.29) is 23.9 Å². The van der Waals surface area contributed by atoms with E-state index >= 15 is 0 Å². The van der Waals surface area contributed by atoms with Crippen LogP contribution in [0.5, 0.6) is 0 Å². The minimum Gasteiger partial charge on any atom is -0.378 e. The molecule has 4 fully saturated rings. The van der Waals surface area contributed by atoms with E-state index in [2.05, 4.69) is 112 Å². The van der Waals surface area contributed by atoms with Crippen LogP contribution in [0.2, 0.25) is 0 Å². The Morgan fingerprint density at radius 1 is 0.511 bits per heavy atom. The van der Waals surface area contributed by atoms with E-state index in [1.807, 2.05) is 0 Å². The monoisotopic (exact) mass is 613 g/mol. The van der Waals surface area contributed by atoms with Gasteiger partial charge in [0.05, 0.1) is 84.6 Å². The molecule has 3 aromatic carbocycles. The summed E-state index contributed by atoms with van der Waals surface area (Å²) in [6, 6.07) is 33.0. The standard InChI is InChI=1S/C37H47N3O5/c1-2-18-41-19-20-42-21-22-43-23-24-44-25-26-45-30-37-27-38-34(31-12-6-3-7-13-31)39(28-37)36(33-16-10-5-11-17-33)40(29-37)35(38)32-14-8-4-9-15-32/h2-17,34-36H,1,18-30H2. The third kappa shape index (κ3) is 7.73. The summed E-state index contributed by atoms with van der Waals surface area (Å²) in [6.45, 7) is 12.3. The molecule has 0 N–H and O–H groups in total. The molecule has 4 bridgehead atoms. The predicted molar refractivity (Wildman–Crippen MR) is 174 cm³/mol. The Bertz CT molecular complexity index is 1160. The van der Waals surface area contributed by atoms with Gasteiger partial charge in [-0.25, -0.2) is 0 Å². The third-order valence-corrected chi connectivity index (χ3v) is 8.86. The Morgan fingerprint density at radius 3 is 1.20 bits per heavy atom. The fraction of sp³-hybridized carbons (Fsp3) is 0.459. The van der Waals surface area contributed by atoms with Gasteiger partial charge in [0.2, 0.25) is 0 Å². The molecule has 8 heteroatoms. The van der Waals surface area contributed by atoms with Crippen molar-refractivity contribution in [3.8, 4) is 0 Å². The average Bonchev–Trinajstić information content (AvgIpc) is 3.08. The lowest BCUT2D eigenvalue weighted by Gasteiger charge is -2.70. The Hall–Kier alpha value is -2.92. The maximum Gasteiger partial charge on any atom is 0.0916 e. The first kappa shape index (κ1) is 32.0. The highest BCUT2D eigenvalue weighted by Gasteiger charge is 2.61. The quantitative estimate of drug-likeness (QED) is 0.134. The van der Waals surface area contributed by atoms with Crippen LogP contribution >= 0.6 is 0 Å². The van der Waals surface area contributed by atoms with Crippen LogP contribution in [0.3, 0.4) is 0 Å². The van der Waals surface area contributed by atoms with Crippen LogP contribution in [-0.2, 0) is 23.7 Å². The van der Waals surface area contributed by atoms with Crippen LogP contribution in [0.1, 0.15) is 35.2 Å². The van der Waals surface area contributed by atoms with Crippen LogP contribution < -0.4 is 0 Å². The second-order valence-electron chi connectivity index (χ2n) is 12.1. The van der Waals surface area contributed by atoms with Gasteiger partial charge >= 0.3 is 0 Å². The Labute approximate surface area is 268 Å². The number of benzene rings is 3. The Morgan fingerprint density at radius 2 is 0.844 bits per heavy atom. The molecule has 240 valence electrons. The summed E-state index contributed by atoms with van der Waals surface area (Å²) in [5.74, 6) is 0. The molecule has 0 radical (unpaired) electrons. The van der Waals surface area contributed by atoms with Gasteiger partial charge in [-0.2, -0.15) is 0 Å². The first-order valence-corrected chi connectivity index (χ1v) is 16.2. The first-order chi connectivity index (χ1) is 22.3. The molecule has 8 nitrogen and oxygen atoms in total. The molecule has 0 atom stereocenters. The van der Waals surface area contributed by atoms with Gasteiger partial charge in [0.15, 0.2) is 0 Å². The predicted octanol–water partition coefficient (Wildman–Crippen LogP) is 5.29. The van der Waals surface area contributed by atoms with E-state index in [0.717, 1.165) is 19.6 Å². The zero-order chi connectivity index (χ0) is 30.7. The van der Waals surface area contributed by atoms with Crippen molar-refractivity contribution >= 4 is 0 Å². The van der Waals surface area contributed by atoms with Crippen molar-refractivity contribution < 1.29 is 23.7 Å². The van der Waals surface area contributed by atoms with Crippen LogP contribution in [0.25, 0.3) is 0 Å². The summed E-state index contributed by atoms with van der Waals surface area (Å²) in [5.41, 5.74) is 4.04. The zero-order valence-corrected chi connectivity index (χ0v) is 26.3. The molecule has 4 aliphatic heterocycles. The van der Waals surface area contributed by atoms with Crippen LogP contribution in [-0.4, -0.2) is 100 Å². The van der Waals surface area contributed by atoms with Crippen LogP contribution in [0.15, 0.2) is 104 Å². The molecule has 4 aliphatic rings. The summed E-state index contributed by atoms with van der Waals surface area (Å²) in [6.07, 6.45) is 2.29. The molecule has 7 rings (SSSR count). The van der Waals surface area contributed by atoms with Gasteiger partial charge in [-0.1, -0.05) is 97.1 Å². The first-order valence-electron chi connectivity index (χ1n) is 16.2. The third-order valence-electron chi connectivity index (χ3n) is 8.86. The molecule has 3 aromatic rings. The highest BCUT2D eigenvalue weighted by Crippen LogP contribution is 2.57. The molecule has 0 spiro atoms. The van der Waals surface area contributed by atoms with Gasteiger partial charge in [0, 0.05) is 25.0 Å². The summed E-state index contributed by atoms with van der Waals surface area (Å²) in [7, 11) is 0. The number of ether oxygens (including phenoxy) is 5. The maximum atomic E-state index is 6.36. The highest BCUT2D eigenvalue weighted by molar-refractivity contribution is 5.31. The van der Waals surface area contributed by atoms with E-state index in [4.69, 9.17) is 23.7 Å². The number of hydrogen-bond donors (Lipinski definition) is 0. The number of nitrogens with zero attached hydrogens (tertiary/aromatic N) is 3. The smallest absolute Gasteiger partial charge is 0.0916 e. The largest absolute Gasteiger partial charge is 0.378 e. The lowest BCUT2D eigenvalue weighted by atomic mass is 9.76. The van der Waals surface area contributed by atoms with Gasteiger partial charge in [-0.05, 0) is 16.7 Å². The topological polar surface area (TPSA) is 55.9 Å². The molecule has 0 amide bonds. The van der Waals surface area contributed by atoms with E-state index in [9.17, 15) is 0 Å². The fourth-order valence-corrected chi connectivity index (χ4v) is 7.20. The molecule has 0 aromatic heterocycles. The molecular weight excluding hydrogens is 566 g/mol. The lowest BCUT2D eigenvalue weighted by Crippen LogP contribution is -2.75. The maximum absolute atomic E-state index is 6.36. The van der Waals surface area contributed by atoms with Crippen molar-refractivity contribution in [1.29, 1.82) is 0 Å². The lowest BCUT2D eigenvalue weighted by molar-refractivity contribution is -0.293. The minimum absolute atomic E-state index is 0.0156. The Kier molecular flexibility index (Phi) is 11.4. The SMILES string of the molecule is C=CCOCCOCCOCCOCCOCC12CN3C(c4ccccc4)N(C1)C(c1ccccc1)N(C2)C3c1ccccc1. The molecule has 4 saturated heterocycles. The highest BCUT2D eigenvalue weighted by atomic mass is 16.6. The van der Waals surface area contributed by atoms with Crippen molar-refractivity contribution in [2.45, 2.75) is 18.5 Å². The summed E-state index contributed by atoms with van der Waals surface area (Å²) in [5, 5.41) is 0. The molecule has 0 saturated carbocycles. The van der Waals surface area contributed by atoms with Crippen molar-refractivity contribution in [3.05, 3.63) is 120 Å². The fourth-order valence-electron chi connectivity index (χ4n) is 7.20. The molecular formula is C37H47N3O5. The second kappa shape index (κ2) is 16.1. The number of hydrogen-bond acceptors (Lipinski definition) is 8. The van der Waals surface area contributed by atoms with Gasteiger partial charge in [0.1, 0.15) is 0 Å². The molecule has 0 aliphatic carbocycles. The van der Waals surface area contributed by atoms with E-state index in [1.54, 1.807) is 6.08 Å². The van der Waals surface area contributed by atoms with Crippen molar-refractivity contribution in [2.24, 2.45) is 5.41 Å². The molecule has 4 heterocycles. The minimum atomic E-state index is 0.0156. The summed E-state index contributed by atoms with van der Waals surface area (Å²) < 4.78 is 28.5. The van der Waals surface area contributed by atoms with E-state index in [0.29, 0.717) is 66.1 Å². The van der Waals surface area contributed by atoms with Gasteiger partial charge < -0.3 is 23.7 Å². The van der Waals surface area contributed by atoms with Crippen molar-refractivity contribution in [3.63, 3.8) is 0 Å². The molecule has 0 unspecified atom stereocenters. The van der Waals surface area contributed by atoms with Gasteiger partial charge in [-0.15, -0.1) is 6.58 Å². The van der Waals surface area contributed by atoms with E-state index < -0.39 is 0 Å². The summed E-state index contributed by atoms with van der Waals surface area (Å²) >= 11 is 0. The van der Waals surface area contributed by atoms with Crippen LogP contribution in [0, 0.1) is 5.41 Å². The second-order valence-corrected chi connectivity index (χ2v) is 12.1. The normalized spacial score (nSPS) is 28.4. The van der Waals surface area contributed by atoms with Crippen molar-refractivity contribution in [2.75, 3.05) is 85.7 Å². The van der Waals surface area contributed by atoms with E-state index in [1.165, 1.54) is 16.7 Å². The number of rotatable bonds is 19. The van der Waals surface area contributed by atoms with Gasteiger partial charge in [-0.3, -0.25) is 14.7 Å². The molecule has 45 heavy (non-hydrogen) atoms. The average molecular weight is 614 g/mol. The van der Waals surface area contributed by atoms with Crippen molar-refractivity contribution in [1.82, 2.24) is 14.7 Å². The van der Waals surface area contributed by atoms with Gasteiger partial charge in [0.25, 0.3) is 0 Å². The van der Waals surface area contributed by atoms with Crippen LogP contribution in [0.4, 0.5) is 0 Å². The zero-order valence-electron chi connectivity index (χ0n) is 26.3. The summed E-state index contributed by atoms with van der Waals surface area (Å²) in [4.78, 5) is 8.10. The Balaban J connectivity index is 1.05.